The number of hydrogen-bond acceptors (Lipinski definition) is 9. The highest BCUT2D eigenvalue weighted by Crippen LogP contribution is 2.35. The SMILES string of the molecule is COc1ccc2ncc(F)c(CNC[C@H](O)C[C@@H]3CN(c4ccc5c(c4)NC(=O)CS5)C(=O)O3)c2n1. The minimum atomic E-state index is -0.833. The molecule has 0 aliphatic carbocycles. The number of halogens is 1. The summed E-state index contributed by atoms with van der Waals surface area (Å²) in [6.07, 6.45) is -0.515. The third-order valence-electron chi connectivity index (χ3n) is 5.95. The molecule has 1 aromatic carbocycles. The van der Waals surface area contributed by atoms with Crippen molar-refractivity contribution in [1.82, 2.24) is 15.3 Å². The molecule has 3 N–H and O–H groups in total. The third-order valence-corrected chi connectivity index (χ3v) is 7.02. The molecule has 0 bridgehead atoms. The molecular formula is C24H24FN5O5S. The zero-order valence-electron chi connectivity index (χ0n) is 19.4. The summed E-state index contributed by atoms with van der Waals surface area (Å²) in [6, 6.07) is 8.77. The van der Waals surface area contributed by atoms with Crippen LogP contribution >= 0.6 is 11.8 Å². The van der Waals surface area contributed by atoms with Crippen LogP contribution < -0.4 is 20.3 Å². The molecule has 1 saturated heterocycles. The van der Waals surface area contributed by atoms with Crippen LogP contribution in [0.5, 0.6) is 5.88 Å². The van der Waals surface area contributed by atoms with E-state index in [1.807, 2.05) is 12.1 Å². The summed E-state index contributed by atoms with van der Waals surface area (Å²) in [5, 5.41) is 16.4. The second kappa shape index (κ2) is 10.2. The Hall–Kier alpha value is -3.48. The van der Waals surface area contributed by atoms with Crippen molar-refractivity contribution in [3.05, 3.63) is 47.9 Å². The molecule has 2 aliphatic heterocycles. The lowest BCUT2D eigenvalue weighted by atomic mass is 10.1. The number of nitrogens with zero attached hydrogens (tertiary/aromatic N) is 3. The Morgan fingerprint density at radius 2 is 2.22 bits per heavy atom. The predicted octanol–water partition coefficient (Wildman–Crippen LogP) is 2.69. The summed E-state index contributed by atoms with van der Waals surface area (Å²) in [4.78, 5) is 34.9. The van der Waals surface area contributed by atoms with E-state index in [9.17, 15) is 19.1 Å². The summed E-state index contributed by atoms with van der Waals surface area (Å²) in [5.41, 5.74) is 2.52. The maximum Gasteiger partial charge on any atom is 0.414 e. The summed E-state index contributed by atoms with van der Waals surface area (Å²) in [6.45, 7) is 0.546. The number of fused-ring (bicyclic) bond motifs is 2. The van der Waals surface area contributed by atoms with Gasteiger partial charge < -0.3 is 25.2 Å². The van der Waals surface area contributed by atoms with Gasteiger partial charge in [-0.05, 0) is 24.3 Å². The number of rotatable bonds is 8. The number of thioether (sulfide) groups is 1. The van der Waals surface area contributed by atoms with E-state index in [-0.39, 0.29) is 32.0 Å². The Balaban J connectivity index is 1.17. The highest BCUT2D eigenvalue weighted by molar-refractivity contribution is 8.00. The highest BCUT2D eigenvalue weighted by Gasteiger charge is 2.34. The minimum Gasteiger partial charge on any atom is -0.481 e. The maximum atomic E-state index is 14.4. The zero-order valence-corrected chi connectivity index (χ0v) is 20.2. The normalized spacial score (nSPS) is 18.1. The van der Waals surface area contributed by atoms with Crippen LogP contribution in [0, 0.1) is 5.82 Å². The number of aliphatic hydroxyl groups is 1. The Morgan fingerprint density at radius 3 is 3.06 bits per heavy atom. The fraction of sp³-hybridized carbons (Fsp3) is 0.333. The van der Waals surface area contributed by atoms with Gasteiger partial charge in [0.2, 0.25) is 11.8 Å². The number of ether oxygens (including phenoxy) is 2. The smallest absolute Gasteiger partial charge is 0.414 e. The summed E-state index contributed by atoms with van der Waals surface area (Å²) in [7, 11) is 1.48. The molecule has 0 radical (unpaired) electrons. The van der Waals surface area contributed by atoms with Crippen molar-refractivity contribution >= 4 is 46.2 Å². The Morgan fingerprint density at radius 1 is 1.36 bits per heavy atom. The number of methoxy groups -OCH3 is 1. The minimum absolute atomic E-state index is 0.0864. The molecule has 5 rings (SSSR count). The van der Waals surface area contributed by atoms with Crippen molar-refractivity contribution in [2.75, 3.05) is 36.2 Å². The van der Waals surface area contributed by atoms with Crippen LogP contribution in [0.2, 0.25) is 0 Å². The lowest BCUT2D eigenvalue weighted by molar-refractivity contribution is -0.113. The number of anilines is 2. The van der Waals surface area contributed by atoms with Gasteiger partial charge in [-0.25, -0.2) is 14.2 Å². The fourth-order valence-corrected chi connectivity index (χ4v) is 4.99. The van der Waals surface area contributed by atoms with Gasteiger partial charge in [-0.1, -0.05) is 0 Å². The summed E-state index contributed by atoms with van der Waals surface area (Å²) >= 11 is 1.44. The predicted molar refractivity (Wildman–Crippen MR) is 132 cm³/mol. The molecule has 0 unspecified atom stereocenters. The maximum absolute atomic E-state index is 14.4. The van der Waals surface area contributed by atoms with E-state index >= 15 is 0 Å². The number of pyridine rings is 2. The van der Waals surface area contributed by atoms with Gasteiger partial charge in [0.15, 0.2) is 0 Å². The number of benzene rings is 1. The molecular weight excluding hydrogens is 489 g/mol. The molecule has 2 atom stereocenters. The molecule has 2 amide bonds. The number of hydrogen-bond donors (Lipinski definition) is 3. The number of aromatic nitrogens is 2. The Bertz CT molecular complexity index is 1330. The molecule has 2 aromatic heterocycles. The van der Waals surface area contributed by atoms with E-state index in [1.54, 1.807) is 18.2 Å². The zero-order chi connectivity index (χ0) is 25.2. The Kier molecular flexibility index (Phi) is 6.90. The van der Waals surface area contributed by atoms with Gasteiger partial charge in [-0.2, -0.15) is 0 Å². The third kappa shape index (κ3) is 5.06. The van der Waals surface area contributed by atoms with Crippen LogP contribution in [-0.4, -0.2) is 65.2 Å². The topological polar surface area (TPSA) is 126 Å². The van der Waals surface area contributed by atoms with E-state index in [0.29, 0.717) is 39.6 Å². The van der Waals surface area contributed by atoms with Crippen molar-refractivity contribution in [2.24, 2.45) is 0 Å². The second-order valence-corrected chi connectivity index (χ2v) is 9.48. The molecule has 0 spiro atoms. The van der Waals surface area contributed by atoms with Crippen molar-refractivity contribution in [2.45, 2.75) is 30.1 Å². The Labute approximate surface area is 210 Å². The molecule has 3 aromatic rings. The van der Waals surface area contributed by atoms with Crippen molar-refractivity contribution in [3.63, 3.8) is 0 Å². The number of cyclic esters (lactones) is 1. The van der Waals surface area contributed by atoms with Crippen molar-refractivity contribution in [3.8, 4) is 5.88 Å². The average molecular weight is 514 g/mol. The molecule has 1 fully saturated rings. The number of carbonyl (C=O) groups is 2. The molecule has 36 heavy (non-hydrogen) atoms. The number of aliphatic hydroxyl groups excluding tert-OH is 1. The van der Waals surface area contributed by atoms with Gasteiger partial charge in [0.25, 0.3) is 0 Å². The van der Waals surface area contributed by atoms with E-state index in [2.05, 4.69) is 20.6 Å². The van der Waals surface area contributed by atoms with Gasteiger partial charge in [0, 0.05) is 41.7 Å². The molecule has 0 saturated carbocycles. The fourth-order valence-electron chi connectivity index (χ4n) is 4.20. The van der Waals surface area contributed by atoms with Crippen LogP contribution in [-0.2, 0) is 16.1 Å². The van der Waals surface area contributed by atoms with Gasteiger partial charge in [0.05, 0.1) is 42.9 Å². The second-order valence-electron chi connectivity index (χ2n) is 8.46. The molecule has 10 nitrogen and oxygen atoms in total. The monoisotopic (exact) mass is 513 g/mol. The summed E-state index contributed by atoms with van der Waals surface area (Å²) < 4.78 is 25.0. The lowest BCUT2D eigenvalue weighted by Crippen LogP contribution is -2.31. The van der Waals surface area contributed by atoms with Gasteiger partial charge >= 0.3 is 6.09 Å². The molecule has 12 heteroatoms. The first-order valence-electron chi connectivity index (χ1n) is 11.3. The van der Waals surface area contributed by atoms with Crippen LogP contribution in [0.25, 0.3) is 11.0 Å². The van der Waals surface area contributed by atoms with Crippen LogP contribution in [0.1, 0.15) is 12.0 Å². The lowest BCUT2D eigenvalue weighted by Gasteiger charge is -2.20. The summed E-state index contributed by atoms with van der Waals surface area (Å²) in [5.74, 6) is 0.117. The van der Waals surface area contributed by atoms with E-state index in [4.69, 9.17) is 9.47 Å². The first-order chi connectivity index (χ1) is 17.4. The van der Waals surface area contributed by atoms with Gasteiger partial charge in [-0.15, -0.1) is 11.8 Å². The van der Waals surface area contributed by atoms with Crippen LogP contribution in [0.3, 0.4) is 0 Å². The first-order valence-corrected chi connectivity index (χ1v) is 12.3. The van der Waals surface area contributed by atoms with Gasteiger partial charge in [0.1, 0.15) is 17.4 Å². The number of nitrogens with one attached hydrogen (secondary N) is 2. The number of amides is 2. The van der Waals surface area contributed by atoms with Crippen molar-refractivity contribution in [1.29, 1.82) is 0 Å². The van der Waals surface area contributed by atoms with E-state index < -0.39 is 24.1 Å². The molecule has 4 heterocycles. The van der Waals surface area contributed by atoms with E-state index in [1.165, 1.54) is 23.8 Å². The highest BCUT2D eigenvalue weighted by atomic mass is 32.2. The average Bonchev–Trinajstić information content (AvgIpc) is 3.24. The number of carbonyl (C=O) groups excluding carboxylic acids is 2. The van der Waals surface area contributed by atoms with Crippen molar-refractivity contribution < 1.29 is 28.6 Å². The van der Waals surface area contributed by atoms with Crippen LogP contribution in [0.4, 0.5) is 20.6 Å². The largest absolute Gasteiger partial charge is 0.481 e. The van der Waals surface area contributed by atoms with Crippen LogP contribution in [0.15, 0.2) is 41.4 Å². The standard InChI is InChI=1S/C24H24FN5O5S/c1-34-22-5-3-18-23(29-22)16(17(25)10-27-18)9-26-8-14(31)7-15-11-30(24(33)35-15)13-2-4-20-19(6-13)28-21(32)12-36-20/h2-6,10,14-15,26,31H,7-9,11-12H2,1H3,(H,28,32)/t14-,15-/m1/s1. The first kappa shape index (κ1) is 24.2. The quantitative estimate of drug-likeness (QED) is 0.417. The molecule has 188 valence electrons. The molecule has 2 aliphatic rings. The van der Waals surface area contributed by atoms with Gasteiger partial charge in [-0.3, -0.25) is 14.7 Å². The van der Waals surface area contributed by atoms with E-state index in [0.717, 1.165) is 11.1 Å².